The second-order valence-electron chi connectivity index (χ2n) is 28.0. The second kappa shape index (κ2) is 24.3. The van der Waals surface area contributed by atoms with E-state index in [1.165, 1.54) is 189 Å². The highest BCUT2D eigenvalue weighted by Crippen LogP contribution is 2.51. The summed E-state index contributed by atoms with van der Waals surface area (Å²) in [6.07, 6.45) is 0. The molecule has 23 rings (SSSR count). The second-order valence-corrected chi connectivity index (χ2v) is 28.0. The summed E-state index contributed by atoms with van der Waals surface area (Å²) in [6, 6.07) is 142. The molecule has 0 aliphatic carbocycles. The van der Waals surface area contributed by atoms with Crippen LogP contribution in [0.1, 0.15) is 0 Å². The van der Waals surface area contributed by atoms with Gasteiger partial charge in [0.15, 0.2) is 0 Å². The lowest BCUT2D eigenvalue weighted by Gasteiger charge is -2.43. The first kappa shape index (κ1) is 59.7. The maximum Gasteiger partial charge on any atom is 0.329 e. The fraction of sp³-hybridized carbons (Fsp3) is 0. The van der Waals surface area contributed by atoms with Crippen molar-refractivity contribution in [3.05, 3.63) is 388 Å². The molecule has 6 heteroatoms. The van der Waals surface area contributed by atoms with Crippen LogP contribution in [0.25, 0.3) is 122 Å². The van der Waals surface area contributed by atoms with Gasteiger partial charge >= 0.3 is 20.5 Å². The van der Waals surface area contributed by atoms with Gasteiger partial charge in [-0.05, 0) is 182 Å². The molecule has 6 aliphatic heterocycles. The minimum absolute atomic E-state index is 0.156. The maximum absolute atomic E-state index is 2.56. The van der Waals surface area contributed by atoms with Gasteiger partial charge in [0, 0.05) is 67.5 Å². The van der Waals surface area contributed by atoms with Crippen LogP contribution in [0.15, 0.2) is 388 Å². The lowest BCUT2D eigenvalue weighted by atomic mass is 9.43. The molecule has 0 atom stereocenters. The number of rotatable bonds is 3. The van der Waals surface area contributed by atoms with Crippen LogP contribution in [0, 0.1) is 0 Å². The standard InChI is InChI=1S/2C34H22BN.C30H20BN/c1-2-12-25-23(10-1)11-9-16-26(25)24-20-21-34-30(22-24)28-14-4-7-18-32(28)35-31-17-6-3-13-27(31)29-15-5-8-19-33(29)36(34)35;1-2-10-24-21-25(18-17-23(24)9-1)26-19-20-34-30(22-26)28-12-4-7-15-32(28)35-31-14-6-3-11-27(31)29-13-5-8-16-33(29)36(34)35;1-2-10-21(11-3-1)22-18-19-30-26(20-22)24-13-5-8-16-28(24)31-27-15-7-4-12-23(27)25-14-6-9-17-29(25)32(30)31/h2*1-22H;1-20H. The van der Waals surface area contributed by atoms with Crippen LogP contribution in [0.4, 0.5) is 34.1 Å². The highest BCUT2D eigenvalue weighted by molar-refractivity contribution is 6.94. The first-order valence-corrected chi connectivity index (χ1v) is 36.3. The highest BCUT2D eigenvalue weighted by Gasteiger charge is 2.45. The number of nitrogens with zero attached hydrogens (tertiary/aromatic N) is 3. The van der Waals surface area contributed by atoms with Crippen molar-refractivity contribution in [2.24, 2.45) is 0 Å². The number of anilines is 6. The first-order valence-electron chi connectivity index (χ1n) is 36.3. The Hall–Kier alpha value is -13.1. The van der Waals surface area contributed by atoms with Crippen molar-refractivity contribution < 1.29 is 0 Å². The Kier molecular flexibility index (Phi) is 13.9. The summed E-state index contributed by atoms with van der Waals surface area (Å²) in [5, 5.41) is 5.11. The normalized spacial score (nSPS) is 12.9. The molecule has 0 saturated carbocycles. The van der Waals surface area contributed by atoms with E-state index in [0.717, 1.165) is 0 Å². The van der Waals surface area contributed by atoms with Gasteiger partial charge in [0.25, 0.3) is 0 Å². The minimum atomic E-state index is 0.156. The molecular weight excluding hydrogens is 1250 g/mol. The molecule has 6 heterocycles. The quantitative estimate of drug-likeness (QED) is 0.163. The molecule has 0 aromatic heterocycles. The lowest BCUT2D eigenvalue weighted by molar-refractivity contribution is 1.35. The van der Waals surface area contributed by atoms with E-state index in [4.69, 9.17) is 0 Å². The van der Waals surface area contributed by atoms with Crippen LogP contribution >= 0.6 is 0 Å². The molecule has 0 saturated heterocycles. The molecule has 0 radical (unpaired) electrons. The molecule has 6 aliphatic rings. The maximum atomic E-state index is 2.56. The topological polar surface area (TPSA) is 9.72 Å². The molecule has 0 unspecified atom stereocenters. The summed E-state index contributed by atoms with van der Waals surface area (Å²) in [5.41, 5.74) is 39.1. The van der Waals surface area contributed by atoms with Gasteiger partial charge in [-0.15, -0.1) is 0 Å². The fourth-order valence-corrected chi connectivity index (χ4v) is 18.1. The largest absolute Gasteiger partial charge is 0.376 e. The summed E-state index contributed by atoms with van der Waals surface area (Å²) in [6.45, 7) is 0.488. The smallest absolute Gasteiger partial charge is 0.329 e. The summed E-state index contributed by atoms with van der Waals surface area (Å²) in [5.74, 6) is 0. The third-order valence-electron chi connectivity index (χ3n) is 22.6. The Bertz CT molecular complexity index is 6330. The third-order valence-corrected chi connectivity index (χ3v) is 22.6. The van der Waals surface area contributed by atoms with Gasteiger partial charge in [-0.2, -0.15) is 0 Å². The molecule has 0 fully saturated rings. The molecule has 17 aromatic carbocycles. The van der Waals surface area contributed by atoms with Crippen molar-refractivity contribution in [1.82, 2.24) is 0 Å². The van der Waals surface area contributed by atoms with Crippen molar-refractivity contribution in [2.45, 2.75) is 0 Å². The van der Waals surface area contributed by atoms with Gasteiger partial charge in [0.2, 0.25) is 0 Å². The predicted octanol–water partition coefficient (Wildman–Crippen LogP) is 21.1. The van der Waals surface area contributed by atoms with E-state index in [9.17, 15) is 0 Å². The zero-order chi connectivity index (χ0) is 68.3. The van der Waals surface area contributed by atoms with E-state index in [-0.39, 0.29) is 20.5 Å². The minimum Gasteiger partial charge on any atom is -0.376 e. The van der Waals surface area contributed by atoms with Crippen molar-refractivity contribution in [1.29, 1.82) is 0 Å². The number of hydrogen-bond acceptors (Lipinski definition) is 3. The van der Waals surface area contributed by atoms with Gasteiger partial charge < -0.3 is 14.4 Å². The molecule has 0 bridgehead atoms. The van der Waals surface area contributed by atoms with E-state index in [1.54, 1.807) is 0 Å². The summed E-state index contributed by atoms with van der Waals surface area (Å²) >= 11 is 0. The predicted molar refractivity (Wildman–Crippen MR) is 444 cm³/mol. The molecule has 3 nitrogen and oxygen atoms in total. The monoisotopic (exact) mass is 1320 g/mol. The molecule has 17 aromatic rings. The zero-order valence-corrected chi connectivity index (χ0v) is 57.0. The Morgan fingerprint density at radius 2 is 0.423 bits per heavy atom. The van der Waals surface area contributed by atoms with Gasteiger partial charge in [-0.3, -0.25) is 0 Å². The van der Waals surface area contributed by atoms with Crippen molar-refractivity contribution >= 4 is 109 Å². The Balaban J connectivity index is 0.000000101. The van der Waals surface area contributed by atoms with Gasteiger partial charge in [-0.1, -0.05) is 328 Å². The average Bonchev–Trinajstić information content (AvgIpc) is 0.720. The molecular formula is C98H64B3N3. The third kappa shape index (κ3) is 9.42. The summed E-state index contributed by atoms with van der Waals surface area (Å²) < 4.78 is 0. The van der Waals surface area contributed by atoms with E-state index < -0.39 is 0 Å². The molecule has 0 spiro atoms. The van der Waals surface area contributed by atoms with E-state index in [2.05, 4.69) is 403 Å². The van der Waals surface area contributed by atoms with E-state index in [1.807, 2.05) is 0 Å². The molecule has 480 valence electrons. The average molecular weight is 1320 g/mol. The van der Waals surface area contributed by atoms with Gasteiger partial charge in [0.05, 0.1) is 0 Å². The van der Waals surface area contributed by atoms with Gasteiger partial charge in [-0.25, -0.2) is 0 Å². The Labute approximate surface area is 607 Å². The fourth-order valence-electron chi connectivity index (χ4n) is 18.1. The van der Waals surface area contributed by atoms with Crippen LogP contribution in [0.5, 0.6) is 0 Å². The number of para-hydroxylation sites is 3. The Morgan fingerprint density at radius 1 is 0.144 bits per heavy atom. The SMILES string of the molecule is c1ccc(-c2ccc3c(c2)-c2ccccc2B2c4ccccc4-c4ccccc4N23)cc1.c1ccc2c(c1)B1c3ccccc3-c3cc(-c4ccc5ccccc5c4)ccc3N1c1ccccc1-2.c1ccc2c(c1)B1c3ccccc3-c3cc(-c4cccc5ccccc45)ccc3N1c1ccccc1-2. The zero-order valence-electron chi connectivity index (χ0n) is 57.0. The van der Waals surface area contributed by atoms with Crippen LogP contribution in [-0.2, 0) is 0 Å². The van der Waals surface area contributed by atoms with Crippen LogP contribution < -0.4 is 47.2 Å². The highest BCUT2D eigenvalue weighted by atomic mass is 15.1. The van der Waals surface area contributed by atoms with Crippen LogP contribution in [0.2, 0.25) is 0 Å². The van der Waals surface area contributed by atoms with Crippen molar-refractivity contribution in [3.8, 4) is 100 Å². The van der Waals surface area contributed by atoms with Crippen LogP contribution in [-0.4, -0.2) is 20.5 Å². The number of benzene rings is 17. The molecule has 0 amide bonds. The van der Waals surface area contributed by atoms with Gasteiger partial charge in [0.1, 0.15) is 0 Å². The summed E-state index contributed by atoms with van der Waals surface area (Å²) in [4.78, 5) is 7.66. The van der Waals surface area contributed by atoms with E-state index in [0.29, 0.717) is 0 Å². The number of fused-ring (bicyclic) bond motifs is 35. The van der Waals surface area contributed by atoms with E-state index >= 15 is 0 Å². The van der Waals surface area contributed by atoms with Crippen LogP contribution in [0.3, 0.4) is 0 Å². The van der Waals surface area contributed by atoms with Crippen molar-refractivity contribution in [2.75, 3.05) is 14.4 Å². The Morgan fingerprint density at radius 3 is 0.865 bits per heavy atom. The number of hydrogen-bond donors (Lipinski definition) is 0. The molecule has 0 N–H and O–H groups in total. The lowest BCUT2D eigenvalue weighted by Crippen LogP contribution is -2.59. The van der Waals surface area contributed by atoms with Crippen molar-refractivity contribution in [3.63, 3.8) is 0 Å². The summed E-state index contributed by atoms with van der Waals surface area (Å²) in [7, 11) is 0. The molecule has 104 heavy (non-hydrogen) atoms. The first-order chi connectivity index (χ1) is 51.6.